The van der Waals surface area contributed by atoms with Crippen molar-refractivity contribution in [3.05, 3.63) is 46.9 Å². The minimum Gasteiger partial charge on any atom is -0.452 e. The van der Waals surface area contributed by atoms with Crippen LogP contribution in [-0.2, 0) is 11.3 Å². The number of esters is 1. The van der Waals surface area contributed by atoms with Crippen LogP contribution in [0.5, 0.6) is 0 Å². The van der Waals surface area contributed by atoms with Gasteiger partial charge in [-0.3, -0.25) is 0 Å². The van der Waals surface area contributed by atoms with E-state index in [0.717, 1.165) is 10.6 Å². The van der Waals surface area contributed by atoms with Crippen LogP contribution in [0.3, 0.4) is 0 Å². The summed E-state index contributed by atoms with van der Waals surface area (Å²) in [5.74, 6) is 0.413. The minimum atomic E-state index is -0.474. The zero-order valence-electron chi connectivity index (χ0n) is 16.6. The van der Waals surface area contributed by atoms with Crippen molar-refractivity contribution in [1.82, 2.24) is 24.9 Å². The quantitative estimate of drug-likeness (QED) is 0.428. The maximum atomic E-state index is 12.8. The van der Waals surface area contributed by atoms with Crippen molar-refractivity contribution in [2.75, 3.05) is 0 Å². The Bertz CT molecular complexity index is 1140. The van der Waals surface area contributed by atoms with Crippen molar-refractivity contribution < 1.29 is 14.1 Å². The van der Waals surface area contributed by atoms with E-state index < -0.39 is 5.97 Å². The SMILES string of the molecule is CC(C)c1cc(C(=O)OCc2nc(-c3cccs3)no2)c2cnn(C(C)C)c2n1. The summed E-state index contributed by atoms with van der Waals surface area (Å²) in [5, 5.41) is 10.9. The molecule has 0 bridgehead atoms. The first-order valence-electron chi connectivity index (χ1n) is 9.35. The van der Waals surface area contributed by atoms with Gasteiger partial charge >= 0.3 is 5.97 Å². The van der Waals surface area contributed by atoms with Gasteiger partial charge in [-0.1, -0.05) is 25.1 Å². The van der Waals surface area contributed by atoms with Crippen LogP contribution in [0, 0.1) is 0 Å². The molecule has 0 atom stereocenters. The van der Waals surface area contributed by atoms with Gasteiger partial charge in [-0.25, -0.2) is 14.5 Å². The van der Waals surface area contributed by atoms with E-state index in [2.05, 4.69) is 15.2 Å². The second-order valence-electron chi connectivity index (χ2n) is 7.23. The zero-order valence-corrected chi connectivity index (χ0v) is 17.4. The molecule has 0 amide bonds. The Labute approximate surface area is 171 Å². The molecule has 0 aliphatic heterocycles. The Hall–Kier alpha value is -3.07. The number of rotatable bonds is 6. The lowest BCUT2D eigenvalue weighted by molar-refractivity contribution is 0.0432. The van der Waals surface area contributed by atoms with Crippen molar-refractivity contribution in [2.45, 2.75) is 46.3 Å². The molecular formula is C20H21N5O3S. The minimum absolute atomic E-state index is 0.101. The van der Waals surface area contributed by atoms with Crippen LogP contribution in [0.1, 0.15) is 61.6 Å². The highest BCUT2D eigenvalue weighted by Gasteiger charge is 2.21. The standard InChI is InChI=1S/C20H21N5O3S/c1-11(2)15-8-13(14-9-21-25(12(3)4)19(14)22-15)20(26)27-10-17-23-18(24-28-17)16-6-5-7-29-16/h5-9,11-12H,10H2,1-4H3. The van der Waals surface area contributed by atoms with Gasteiger partial charge in [0.25, 0.3) is 5.89 Å². The number of hydrogen-bond donors (Lipinski definition) is 0. The predicted octanol–water partition coefficient (Wildman–Crippen LogP) is 4.60. The average Bonchev–Trinajstić information content (AvgIpc) is 3.44. The third kappa shape index (κ3) is 3.77. The summed E-state index contributed by atoms with van der Waals surface area (Å²) in [7, 11) is 0. The second kappa shape index (κ2) is 7.75. The molecule has 0 aliphatic rings. The largest absolute Gasteiger partial charge is 0.452 e. The van der Waals surface area contributed by atoms with E-state index in [1.165, 1.54) is 11.3 Å². The van der Waals surface area contributed by atoms with Crippen molar-refractivity contribution in [1.29, 1.82) is 0 Å². The summed E-state index contributed by atoms with van der Waals surface area (Å²) < 4.78 is 12.5. The third-order valence-electron chi connectivity index (χ3n) is 4.42. The van der Waals surface area contributed by atoms with E-state index in [4.69, 9.17) is 14.2 Å². The number of fused-ring (bicyclic) bond motifs is 1. The van der Waals surface area contributed by atoms with Crippen molar-refractivity contribution in [3.63, 3.8) is 0 Å². The first kappa shape index (κ1) is 19.3. The Morgan fingerprint density at radius 3 is 2.79 bits per heavy atom. The van der Waals surface area contributed by atoms with Crippen molar-refractivity contribution in [3.8, 4) is 10.7 Å². The predicted molar refractivity (Wildman–Crippen MR) is 109 cm³/mol. The maximum Gasteiger partial charge on any atom is 0.339 e. The van der Waals surface area contributed by atoms with Gasteiger partial charge in [0.05, 0.1) is 22.0 Å². The van der Waals surface area contributed by atoms with Gasteiger partial charge in [0.1, 0.15) is 0 Å². The van der Waals surface area contributed by atoms with Crippen LogP contribution in [0.2, 0.25) is 0 Å². The fourth-order valence-corrected chi connectivity index (χ4v) is 3.55. The van der Waals surface area contributed by atoms with Crippen LogP contribution in [-0.4, -0.2) is 30.9 Å². The van der Waals surface area contributed by atoms with Crippen LogP contribution in [0.4, 0.5) is 0 Å². The summed E-state index contributed by atoms with van der Waals surface area (Å²) in [6.45, 7) is 8.01. The molecular weight excluding hydrogens is 390 g/mol. The smallest absolute Gasteiger partial charge is 0.339 e. The first-order chi connectivity index (χ1) is 13.9. The molecule has 0 saturated heterocycles. The Balaban J connectivity index is 1.59. The normalized spacial score (nSPS) is 11.7. The van der Waals surface area contributed by atoms with Crippen molar-refractivity contribution >= 4 is 28.3 Å². The molecule has 0 aliphatic carbocycles. The van der Waals surface area contributed by atoms with Gasteiger partial charge in [0, 0.05) is 11.7 Å². The molecule has 0 spiro atoms. The molecule has 0 radical (unpaired) electrons. The number of carbonyl (C=O) groups is 1. The summed E-state index contributed by atoms with van der Waals surface area (Å²) >= 11 is 1.51. The zero-order chi connectivity index (χ0) is 20.5. The number of aromatic nitrogens is 5. The monoisotopic (exact) mass is 411 g/mol. The van der Waals surface area contributed by atoms with Gasteiger partial charge < -0.3 is 9.26 Å². The van der Waals surface area contributed by atoms with E-state index in [1.54, 1.807) is 12.3 Å². The van der Waals surface area contributed by atoms with Gasteiger partial charge in [-0.05, 0) is 37.3 Å². The molecule has 9 heteroatoms. The average molecular weight is 411 g/mol. The summed E-state index contributed by atoms with van der Waals surface area (Å²) in [6.07, 6.45) is 1.66. The number of hydrogen-bond acceptors (Lipinski definition) is 8. The molecule has 150 valence electrons. The molecule has 4 rings (SSSR count). The number of carbonyl (C=O) groups excluding carboxylic acids is 1. The fraction of sp³-hybridized carbons (Fsp3) is 0.350. The van der Waals surface area contributed by atoms with Gasteiger partial charge in [-0.2, -0.15) is 10.1 Å². The lowest BCUT2D eigenvalue weighted by atomic mass is 10.1. The lowest BCUT2D eigenvalue weighted by Gasteiger charge is -2.11. The summed E-state index contributed by atoms with van der Waals surface area (Å²) in [4.78, 5) is 22.7. The maximum absolute atomic E-state index is 12.8. The molecule has 0 aromatic carbocycles. The molecule has 0 unspecified atom stereocenters. The fourth-order valence-electron chi connectivity index (χ4n) is 2.90. The van der Waals surface area contributed by atoms with Crippen molar-refractivity contribution in [2.24, 2.45) is 0 Å². The second-order valence-corrected chi connectivity index (χ2v) is 8.18. The molecule has 8 nitrogen and oxygen atoms in total. The molecule has 0 N–H and O–H groups in total. The Kier molecular flexibility index (Phi) is 5.14. The highest BCUT2D eigenvalue weighted by Crippen LogP contribution is 2.25. The number of pyridine rings is 1. The van der Waals surface area contributed by atoms with E-state index in [9.17, 15) is 4.79 Å². The molecule has 4 aromatic heterocycles. The molecule has 0 fully saturated rings. The summed E-state index contributed by atoms with van der Waals surface area (Å²) in [6, 6.07) is 5.71. The van der Waals surface area contributed by atoms with Crippen LogP contribution >= 0.6 is 11.3 Å². The topological polar surface area (TPSA) is 95.9 Å². The third-order valence-corrected chi connectivity index (χ3v) is 5.29. The molecule has 0 saturated carbocycles. The van der Waals surface area contributed by atoms with Crippen LogP contribution in [0.15, 0.2) is 34.3 Å². The van der Waals surface area contributed by atoms with Gasteiger partial charge in [0.2, 0.25) is 5.82 Å². The number of thiophene rings is 1. The Morgan fingerprint density at radius 2 is 2.10 bits per heavy atom. The number of ether oxygens (including phenoxy) is 1. The van der Waals surface area contributed by atoms with Gasteiger partial charge in [-0.15, -0.1) is 11.3 Å². The van der Waals surface area contributed by atoms with Gasteiger partial charge in [0.15, 0.2) is 12.3 Å². The van der Waals surface area contributed by atoms with E-state index >= 15 is 0 Å². The van der Waals surface area contributed by atoms with E-state index in [-0.39, 0.29) is 24.5 Å². The highest BCUT2D eigenvalue weighted by molar-refractivity contribution is 7.13. The highest BCUT2D eigenvalue weighted by atomic mass is 32.1. The van der Waals surface area contributed by atoms with E-state index in [1.807, 2.05) is 49.9 Å². The first-order valence-corrected chi connectivity index (χ1v) is 10.2. The van der Waals surface area contributed by atoms with Crippen LogP contribution < -0.4 is 0 Å². The molecule has 29 heavy (non-hydrogen) atoms. The van der Waals surface area contributed by atoms with E-state index in [0.29, 0.717) is 22.4 Å². The Morgan fingerprint density at radius 1 is 1.28 bits per heavy atom. The number of nitrogens with zero attached hydrogens (tertiary/aromatic N) is 5. The summed E-state index contributed by atoms with van der Waals surface area (Å²) in [5.41, 5.74) is 1.92. The molecule has 4 aromatic rings. The van der Waals surface area contributed by atoms with Crippen LogP contribution in [0.25, 0.3) is 21.7 Å². The molecule has 4 heterocycles. The lowest BCUT2D eigenvalue weighted by Crippen LogP contribution is -2.10.